The number of alkyl halides is 6. The second kappa shape index (κ2) is 19.4. The van der Waals surface area contributed by atoms with Crippen LogP contribution in [0.25, 0.3) is 0 Å². The number of nitrogens with zero attached hydrogens (tertiary/aromatic N) is 2. The largest absolute Gasteiger partial charge is 0.391 e. The van der Waals surface area contributed by atoms with Gasteiger partial charge in [-0.15, -0.1) is 0 Å². The molecule has 3 aliphatic heterocycles. The van der Waals surface area contributed by atoms with Crippen molar-refractivity contribution in [2.75, 3.05) is 0 Å². The summed E-state index contributed by atoms with van der Waals surface area (Å²) in [7, 11) is 0. The maximum absolute atomic E-state index is 14.0. The molecule has 0 amide bonds. The van der Waals surface area contributed by atoms with Crippen molar-refractivity contribution in [3.05, 3.63) is 0 Å². The first-order valence-electron chi connectivity index (χ1n) is 28.8. The second-order valence-electron chi connectivity index (χ2n) is 25.7. The van der Waals surface area contributed by atoms with Crippen LogP contribution in [0, 0.1) is 76.9 Å². The molecule has 3 heterocycles. The van der Waals surface area contributed by atoms with Crippen molar-refractivity contribution < 1.29 is 26.3 Å². The van der Waals surface area contributed by atoms with Gasteiger partial charge in [0.1, 0.15) is 0 Å². The van der Waals surface area contributed by atoms with Crippen LogP contribution >= 0.6 is 0 Å². The Kier molecular flexibility index (Phi) is 14.0. The fourth-order valence-electron chi connectivity index (χ4n) is 19.6. The fraction of sp³-hybridized carbons (Fsp3) is 1.00. The average molecular weight is 934 g/mol. The Bertz CT molecular complexity index is 1500. The van der Waals surface area contributed by atoms with Gasteiger partial charge in [-0.1, -0.05) is 52.4 Å². The van der Waals surface area contributed by atoms with Crippen molar-refractivity contribution in [2.24, 2.45) is 76.9 Å². The standard InChI is InChI=1S/C55H89F6N5/c1-32-9-7-13-45-43-11-3-5-15-47(43)65(49(32)45)41-25-21-36(22-26-41)52-62-51(35-19-17-34(18-20-35)38-29-39(54(56,57)58)31-40(30-38)55(59,60)61)63-53(64-52)37-23-27-42(28-24-37)66-48-16-6-4-12-44(48)46-14-8-10-33(2)50(46)66/h32-53,62-64H,3-31H2,1-2H3. The van der Waals surface area contributed by atoms with Gasteiger partial charge in [-0.2, -0.15) is 26.3 Å². The topological polar surface area (TPSA) is 42.6 Å². The summed E-state index contributed by atoms with van der Waals surface area (Å²) in [4.78, 5) is 6.29. The van der Waals surface area contributed by atoms with Gasteiger partial charge in [0.05, 0.1) is 30.3 Å². The molecule has 3 saturated heterocycles. The molecule has 0 aromatic rings. The molecule has 11 heteroatoms. The van der Waals surface area contributed by atoms with Gasteiger partial charge < -0.3 is 0 Å². The van der Waals surface area contributed by atoms with Gasteiger partial charge in [-0.25, -0.2) is 0 Å². The lowest BCUT2D eigenvalue weighted by molar-refractivity contribution is -0.231. The van der Waals surface area contributed by atoms with Crippen molar-refractivity contribution >= 4 is 0 Å². The first-order valence-corrected chi connectivity index (χ1v) is 28.8. The van der Waals surface area contributed by atoms with E-state index in [1.165, 1.54) is 141 Å². The molecule has 0 radical (unpaired) electrons. The highest BCUT2D eigenvalue weighted by Gasteiger charge is 2.57. The number of likely N-dealkylation sites (tertiary alicyclic amines) is 2. The predicted octanol–water partition coefficient (Wildman–Crippen LogP) is 13.2. The van der Waals surface area contributed by atoms with Crippen molar-refractivity contribution in [3.8, 4) is 0 Å². The van der Waals surface area contributed by atoms with Crippen LogP contribution in [0.15, 0.2) is 0 Å². The number of hydrogen-bond acceptors (Lipinski definition) is 5. The highest BCUT2D eigenvalue weighted by molar-refractivity contribution is 5.09. The smallest absolute Gasteiger partial charge is 0.294 e. The van der Waals surface area contributed by atoms with E-state index >= 15 is 0 Å². The molecule has 0 bridgehead atoms. The maximum Gasteiger partial charge on any atom is 0.391 e. The van der Waals surface area contributed by atoms with Crippen molar-refractivity contribution in [3.63, 3.8) is 0 Å². The summed E-state index contributed by atoms with van der Waals surface area (Å²) in [5, 5.41) is 12.6. The molecule has 11 rings (SSSR count). The molecule has 11 fully saturated rings. The highest BCUT2D eigenvalue weighted by Crippen LogP contribution is 2.56. The van der Waals surface area contributed by atoms with E-state index in [4.69, 9.17) is 0 Å². The van der Waals surface area contributed by atoms with Gasteiger partial charge >= 0.3 is 12.4 Å². The third kappa shape index (κ3) is 9.24. The lowest BCUT2D eigenvalue weighted by atomic mass is 9.65. The SMILES string of the molecule is CC1CCCC2C3CCCCC3N(C3CCC(C4NC(C5CCC(C6CC(C(F)(F)F)CC(C(F)(F)F)C6)CC5)NC(C5CCC(N6C7CCCCC7C7CCCC(C)C76)CC5)N4)CC3)C12. The minimum Gasteiger partial charge on any atom is -0.294 e. The quantitative estimate of drug-likeness (QED) is 0.232. The summed E-state index contributed by atoms with van der Waals surface area (Å²) in [6.07, 6.45) is 23.6. The Labute approximate surface area is 395 Å². The van der Waals surface area contributed by atoms with Gasteiger partial charge in [-0.05, 0) is 213 Å². The first-order chi connectivity index (χ1) is 31.8. The van der Waals surface area contributed by atoms with E-state index in [9.17, 15) is 26.3 Å². The molecule has 0 aromatic heterocycles. The molecular formula is C55H89F6N5. The molecule has 8 aliphatic carbocycles. The van der Waals surface area contributed by atoms with E-state index in [0.717, 1.165) is 85.4 Å². The molecule has 0 aromatic carbocycles. The summed E-state index contributed by atoms with van der Waals surface area (Å²) in [5.74, 6) is 2.47. The van der Waals surface area contributed by atoms with Crippen LogP contribution in [-0.2, 0) is 0 Å². The van der Waals surface area contributed by atoms with Crippen LogP contribution < -0.4 is 16.0 Å². The monoisotopic (exact) mass is 934 g/mol. The Hall–Kier alpha value is -0.620. The van der Waals surface area contributed by atoms with E-state index in [2.05, 4.69) is 39.6 Å². The Morgan fingerprint density at radius 2 is 0.697 bits per heavy atom. The van der Waals surface area contributed by atoms with E-state index in [1.54, 1.807) is 0 Å². The van der Waals surface area contributed by atoms with Crippen LogP contribution in [0.3, 0.4) is 0 Å². The van der Waals surface area contributed by atoms with E-state index in [1.807, 2.05) is 0 Å². The third-order valence-corrected chi connectivity index (χ3v) is 22.5. The van der Waals surface area contributed by atoms with Crippen molar-refractivity contribution in [2.45, 2.75) is 267 Å². The number of fused-ring (bicyclic) bond motifs is 6. The minimum atomic E-state index is -4.57. The van der Waals surface area contributed by atoms with Gasteiger partial charge in [0, 0.05) is 36.3 Å². The number of hydrogen-bond donors (Lipinski definition) is 3. The minimum absolute atomic E-state index is 0.0585. The van der Waals surface area contributed by atoms with E-state index in [-0.39, 0.29) is 37.3 Å². The molecule has 8 saturated carbocycles. The van der Waals surface area contributed by atoms with Gasteiger partial charge in [0.15, 0.2) is 0 Å². The third-order valence-electron chi connectivity index (χ3n) is 22.5. The van der Waals surface area contributed by atoms with Crippen LogP contribution in [0.1, 0.15) is 200 Å². The zero-order valence-electron chi connectivity index (χ0n) is 40.9. The second-order valence-corrected chi connectivity index (χ2v) is 25.7. The van der Waals surface area contributed by atoms with E-state index in [0.29, 0.717) is 29.8 Å². The van der Waals surface area contributed by atoms with Crippen molar-refractivity contribution in [1.29, 1.82) is 0 Å². The number of halogens is 6. The Morgan fingerprint density at radius 3 is 1.09 bits per heavy atom. The Morgan fingerprint density at radius 1 is 0.348 bits per heavy atom. The van der Waals surface area contributed by atoms with E-state index < -0.39 is 36.5 Å². The average Bonchev–Trinajstić information content (AvgIpc) is 3.86. The number of rotatable bonds is 6. The highest BCUT2D eigenvalue weighted by atomic mass is 19.4. The Balaban J connectivity index is 0.776. The summed E-state index contributed by atoms with van der Waals surface area (Å²) < 4.78 is 84.2. The molecule has 14 atom stereocenters. The van der Waals surface area contributed by atoms with Gasteiger partial charge in [0.2, 0.25) is 0 Å². The van der Waals surface area contributed by atoms with Crippen LogP contribution in [0.4, 0.5) is 26.3 Å². The molecule has 14 unspecified atom stereocenters. The molecule has 3 N–H and O–H groups in total. The molecule has 5 nitrogen and oxygen atoms in total. The van der Waals surface area contributed by atoms with Crippen LogP contribution in [0.2, 0.25) is 0 Å². The molecular weight excluding hydrogens is 845 g/mol. The summed E-state index contributed by atoms with van der Waals surface area (Å²) in [6, 6.07) is 4.58. The first kappa shape index (κ1) is 47.7. The van der Waals surface area contributed by atoms with Crippen LogP contribution in [-0.4, -0.2) is 76.9 Å². The molecule has 11 aliphatic rings. The predicted molar refractivity (Wildman–Crippen MR) is 250 cm³/mol. The molecule has 0 spiro atoms. The normalized spacial score (nSPS) is 51.1. The zero-order chi connectivity index (χ0) is 45.5. The van der Waals surface area contributed by atoms with Crippen LogP contribution in [0.5, 0.6) is 0 Å². The lowest BCUT2D eigenvalue weighted by Crippen LogP contribution is -2.72. The number of nitrogens with one attached hydrogen (secondary N) is 3. The fourth-order valence-corrected chi connectivity index (χ4v) is 19.6. The van der Waals surface area contributed by atoms with Gasteiger partial charge in [0.25, 0.3) is 0 Å². The maximum atomic E-state index is 14.0. The van der Waals surface area contributed by atoms with Gasteiger partial charge in [-0.3, -0.25) is 25.8 Å². The summed E-state index contributed by atoms with van der Waals surface area (Å²) >= 11 is 0. The summed E-state index contributed by atoms with van der Waals surface area (Å²) in [6.45, 7) is 5.13. The molecule has 376 valence electrons. The summed E-state index contributed by atoms with van der Waals surface area (Å²) in [5.41, 5.74) is 0. The molecule has 66 heavy (non-hydrogen) atoms. The van der Waals surface area contributed by atoms with Crippen molar-refractivity contribution in [1.82, 2.24) is 25.8 Å². The zero-order valence-corrected chi connectivity index (χ0v) is 40.9. The lowest BCUT2D eigenvalue weighted by Gasteiger charge is -2.52.